The number of benzene rings is 2. The van der Waals surface area contributed by atoms with Crippen LogP contribution in [0.4, 0.5) is 5.69 Å². The van der Waals surface area contributed by atoms with Gasteiger partial charge in [-0.15, -0.1) is 0 Å². The Hall–Kier alpha value is -2.21. The predicted molar refractivity (Wildman–Crippen MR) is 99.9 cm³/mol. The van der Waals surface area contributed by atoms with Crippen molar-refractivity contribution in [3.05, 3.63) is 48.5 Å². The van der Waals surface area contributed by atoms with Gasteiger partial charge in [0.1, 0.15) is 11.5 Å². The van der Waals surface area contributed by atoms with Gasteiger partial charge in [-0.3, -0.25) is 4.72 Å². The SMILES string of the molecule is CCCCCCOc1ccc(NS(=O)(=O)c2ccc(OC)cc2)cc1. The summed E-state index contributed by atoms with van der Waals surface area (Å²) in [6.07, 6.45) is 4.61. The minimum Gasteiger partial charge on any atom is -0.497 e. The maximum Gasteiger partial charge on any atom is 0.261 e. The van der Waals surface area contributed by atoms with Gasteiger partial charge in [-0.05, 0) is 55.0 Å². The average Bonchev–Trinajstić information content (AvgIpc) is 2.63. The maximum absolute atomic E-state index is 12.4. The molecule has 0 saturated heterocycles. The number of rotatable bonds is 10. The van der Waals surface area contributed by atoms with Crippen molar-refractivity contribution >= 4 is 15.7 Å². The maximum atomic E-state index is 12.4. The fourth-order valence-corrected chi connectivity index (χ4v) is 3.37. The molecule has 0 radical (unpaired) electrons. The summed E-state index contributed by atoms with van der Waals surface area (Å²) in [6, 6.07) is 13.2. The smallest absolute Gasteiger partial charge is 0.261 e. The first kappa shape index (κ1) is 19.1. The van der Waals surface area contributed by atoms with Crippen LogP contribution in [-0.2, 0) is 10.0 Å². The fraction of sp³-hybridized carbons (Fsp3) is 0.368. The molecule has 0 aliphatic rings. The first-order valence-electron chi connectivity index (χ1n) is 8.45. The van der Waals surface area contributed by atoms with Gasteiger partial charge in [0, 0.05) is 5.69 Å². The van der Waals surface area contributed by atoms with Crippen LogP contribution in [0.1, 0.15) is 32.6 Å². The van der Waals surface area contributed by atoms with Gasteiger partial charge in [0.2, 0.25) is 0 Å². The molecule has 2 aromatic rings. The number of ether oxygens (including phenoxy) is 2. The molecule has 6 heteroatoms. The van der Waals surface area contributed by atoms with Crippen molar-refractivity contribution in [1.82, 2.24) is 0 Å². The summed E-state index contributed by atoms with van der Waals surface area (Å²) in [4.78, 5) is 0.185. The van der Waals surface area contributed by atoms with Gasteiger partial charge in [0.15, 0.2) is 0 Å². The molecule has 1 N–H and O–H groups in total. The van der Waals surface area contributed by atoms with Crippen LogP contribution in [0.3, 0.4) is 0 Å². The topological polar surface area (TPSA) is 64.6 Å². The molecule has 25 heavy (non-hydrogen) atoms. The molecular formula is C19H25NO4S. The van der Waals surface area contributed by atoms with Crippen LogP contribution in [0.5, 0.6) is 11.5 Å². The van der Waals surface area contributed by atoms with E-state index in [1.165, 1.54) is 32.1 Å². The van der Waals surface area contributed by atoms with Crippen molar-refractivity contribution in [2.75, 3.05) is 18.4 Å². The zero-order chi connectivity index (χ0) is 18.1. The molecule has 5 nitrogen and oxygen atoms in total. The van der Waals surface area contributed by atoms with E-state index in [-0.39, 0.29) is 4.90 Å². The molecule has 0 saturated carbocycles. The van der Waals surface area contributed by atoms with E-state index in [4.69, 9.17) is 9.47 Å². The van der Waals surface area contributed by atoms with Gasteiger partial charge in [-0.25, -0.2) is 8.42 Å². The van der Waals surface area contributed by atoms with Crippen molar-refractivity contribution in [3.8, 4) is 11.5 Å². The summed E-state index contributed by atoms with van der Waals surface area (Å²) in [7, 11) is -2.09. The van der Waals surface area contributed by atoms with Crippen LogP contribution in [0, 0.1) is 0 Å². The Labute approximate surface area is 150 Å². The van der Waals surface area contributed by atoms with Crippen molar-refractivity contribution < 1.29 is 17.9 Å². The molecule has 0 unspecified atom stereocenters. The second kappa shape index (κ2) is 9.32. The van der Waals surface area contributed by atoms with Crippen LogP contribution < -0.4 is 14.2 Å². The molecule has 0 fully saturated rings. The van der Waals surface area contributed by atoms with Crippen molar-refractivity contribution in [3.63, 3.8) is 0 Å². The molecule has 2 aromatic carbocycles. The summed E-state index contributed by atoms with van der Waals surface area (Å²) in [5, 5.41) is 0. The van der Waals surface area contributed by atoms with Crippen LogP contribution in [-0.4, -0.2) is 22.1 Å². The monoisotopic (exact) mass is 363 g/mol. The number of hydrogen-bond acceptors (Lipinski definition) is 4. The first-order valence-corrected chi connectivity index (χ1v) is 9.93. The molecule has 0 bridgehead atoms. The van der Waals surface area contributed by atoms with E-state index in [1.54, 1.807) is 36.4 Å². The summed E-state index contributed by atoms with van der Waals surface area (Å²) in [5.41, 5.74) is 0.495. The molecule has 0 spiro atoms. The van der Waals surface area contributed by atoms with E-state index in [0.29, 0.717) is 18.0 Å². The first-order chi connectivity index (χ1) is 12.0. The Morgan fingerprint density at radius 3 is 2.12 bits per heavy atom. The molecule has 136 valence electrons. The zero-order valence-corrected chi connectivity index (χ0v) is 15.5. The summed E-state index contributed by atoms with van der Waals surface area (Å²) < 4.78 is 38.0. The number of unbranched alkanes of at least 4 members (excludes halogenated alkanes) is 3. The number of hydrogen-bond donors (Lipinski definition) is 1. The number of nitrogens with one attached hydrogen (secondary N) is 1. The van der Waals surface area contributed by atoms with Crippen LogP contribution in [0.2, 0.25) is 0 Å². The van der Waals surface area contributed by atoms with Gasteiger partial charge in [0.25, 0.3) is 10.0 Å². The lowest BCUT2D eigenvalue weighted by molar-refractivity contribution is 0.305. The van der Waals surface area contributed by atoms with Gasteiger partial charge in [0.05, 0.1) is 18.6 Å². The molecule has 0 amide bonds. The van der Waals surface area contributed by atoms with Crippen LogP contribution in [0.25, 0.3) is 0 Å². The Morgan fingerprint density at radius 1 is 0.880 bits per heavy atom. The zero-order valence-electron chi connectivity index (χ0n) is 14.7. The quantitative estimate of drug-likeness (QED) is 0.633. The van der Waals surface area contributed by atoms with Gasteiger partial charge in [-0.2, -0.15) is 0 Å². The van der Waals surface area contributed by atoms with Gasteiger partial charge in [-0.1, -0.05) is 26.2 Å². The summed E-state index contributed by atoms with van der Waals surface area (Å²) >= 11 is 0. The van der Waals surface area contributed by atoms with Crippen LogP contribution >= 0.6 is 0 Å². The minimum absolute atomic E-state index is 0.185. The molecule has 0 aromatic heterocycles. The lowest BCUT2D eigenvalue weighted by Gasteiger charge is -2.10. The van der Waals surface area contributed by atoms with E-state index in [0.717, 1.165) is 18.6 Å². The molecular weight excluding hydrogens is 338 g/mol. The molecule has 0 atom stereocenters. The number of anilines is 1. The van der Waals surface area contributed by atoms with E-state index in [2.05, 4.69) is 11.6 Å². The second-order valence-electron chi connectivity index (χ2n) is 5.71. The van der Waals surface area contributed by atoms with Crippen molar-refractivity contribution in [2.24, 2.45) is 0 Å². The molecule has 0 aliphatic heterocycles. The molecule has 0 aliphatic carbocycles. The Bertz CT molecular complexity index is 740. The number of sulfonamides is 1. The second-order valence-corrected chi connectivity index (χ2v) is 7.40. The van der Waals surface area contributed by atoms with Crippen LogP contribution in [0.15, 0.2) is 53.4 Å². The lowest BCUT2D eigenvalue weighted by atomic mass is 10.2. The lowest BCUT2D eigenvalue weighted by Crippen LogP contribution is -2.12. The Balaban J connectivity index is 1.92. The highest BCUT2D eigenvalue weighted by Crippen LogP contribution is 2.21. The van der Waals surface area contributed by atoms with Gasteiger partial charge < -0.3 is 9.47 Å². The summed E-state index contributed by atoms with van der Waals surface area (Å²) in [6.45, 7) is 2.85. The van der Waals surface area contributed by atoms with E-state index in [9.17, 15) is 8.42 Å². The highest BCUT2D eigenvalue weighted by Gasteiger charge is 2.14. The number of methoxy groups -OCH3 is 1. The standard InChI is InChI=1S/C19H25NO4S/c1-3-4-5-6-15-24-18-9-7-16(8-10-18)20-25(21,22)19-13-11-17(23-2)12-14-19/h7-14,20H,3-6,15H2,1-2H3. The third-order valence-corrected chi connectivity index (χ3v) is 5.14. The average molecular weight is 363 g/mol. The third-order valence-electron chi connectivity index (χ3n) is 3.74. The van der Waals surface area contributed by atoms with E-state index >= 15 is 0 Å². The normalized spacial score (nSPS) is 11.1. The highest BCUT2D eigenvalue weighted by molar-refractivity contribution is 7.92. The Kier molecular flexibility index (Phi) is 7.13. The van der Waals surface area contributed by atoms with Crippen molar-refractivity contribution in [2.45, 2.75) is 37.5 Å². The highest BCUT2D eigenvalue weighted by atomic mass is 32.2. The molecule has 2 rings (SSSR count). The molecule has 0 heterocycles. The summed E-state index contributed by atoms with van der Waals surface area (Å²) in [5.74, 6) is 1.35. The third kappa shape index (κ3) is 5.98. The van der Waals surface area contributed by atoms with Gasteiger partial charge >= 0.3 is 0 Å². The predicted octanol–water partition coefficient (Wildman–Crippen LogP) is 4.46. The minimum atomic E-state index is -3.62. The largest absolute Gasteiger partial charge is 0.497 e. The Morgan fingerprint density at radius 2 is 1.52 bits per heavy atom. The van der Waals surface area contributed by atoms with Crippen molar-refractivity contribution in [1.29, 1.82) is 0 Å². The fourth-order valence-electron chi connectivity index (χ4n) is 2.31. The van der Waals surface area contributed by atoms with E-state index in [1.807, 2.05) is 0 Å². The van der Waals surface area contributed by atoms with E-state index < -0.39 is 10.0 Å².